The molecule has 0 aliphatic heterocycles. The van der Waals surface area contributed by atoms with Crippen LogP contribution >= 0.6 is 0 Å². The van der Waals surface area contributed by atoms with Crippen LogP contribution in [0.1, 0.15) is 51.9 Å². The lowest BCUT2D eigenvalue weighted by Crippen LogP contribution is -2.34. The summed E-state index contributed by atoms with van der Waals surface area (Å²) in [5.74, 6) is 2.97. The molecular formula is C13H25N. The van der Waals surface area contributed by atoms with Crippen LogP contribution in [0.2, 0.25) is 0 Å². The fourth-order valence-electron chi connectivity index (χ4n) is 2.87. The van der Waals surface area contributed by atoms with E-state index in [2.05, 4.69) is 12.2 Å². The lowest BCUT2D eigenvalue weighted by Gasteiger charge is -2.31. The highest BCUT2D eigenvalue weighted by atomic mass is 14.9. The first-order valence-electron chi connectivity index (χ1n) is 6.57. The second-order valence-electron chi connectivity index (χ2n) is 5.48. The Labute approximate surface area is 88.7 Å². The van der Waals surface area contributed by atoms with Gasteiger partial charge in [0.2, 0.25) is 0 Å². The maximum Gasteiger partial charge on any atom is -0.00179 e. The average Bonchev–Trinajstić information content (AvgIpc) is 2.12. The van der Waals surface area contributed by atoms with Gasteiger partial charge in [-0.25, -0.2) is 0 Å². The van der Waals surface area contributed by atoms with Gasteiger partial charge in [-0.2, -0.15) is 0 Å². The zero-order chi connectivity index (χ0) is 9.80. The highest BCUT2D eigenvalue weighted by Gasteiger charge is 2.22. The van der Waals surface area contributed by atoms with E-state index in [4.69, 9.17) is 0 Å². The molecule has 1 nitrogen and oxygen atoms in total. The molecule has 2 aliphatic carbocycles. The first-order chi connectivity index (χ1) is 6.86. The van der Waals surface area contributed by atoms with Crippen molar-refractivity contribution in [1.82, 2.24) is 5.32 Å². The van der Waals surface area contributed by atoms with Crippen molar-refractivity contribution in [3.05, 3.63) is 0 Å². The average molecular weight is 195 g/mol. The molecule has 2 rings (SSSR count). The Morgan fingerprint density at radius 2 is 1.71 bits per heavy atom. The van der Waals surface area contributed by atoms with E-state index in [0.29, 0.717) is 0 Å². The van der Waals surface area contributed by atoms with Crippen molar-refractivity contribution in [2.75, 3.05) is 13.1 Å². The molecule has 0 amide bonds. The molecule has 1 N–H and O–H groups in total. The summed E-state index contributed by atoms with van der Waals surface area (Å²) in [6, 6.07) is 0. The van der Waals surface area contributed by atoms with Crippen molar-refractivity contribution in [1.29, 1.82) is 0 Å². The van der Waals surface area contributed by atoms with Crippen LogP contribution in [0.25, 0.3) is 0 Å². The van der Waals surface area contributed by atoms with Crippen LogP contribution in [0.4, 0.5) is 0 Å². The Morgan fingerprint density at radius 3 is 2.36 bits per heavy atom. The molecule has 0 radical (unpaired) electrons. The number of hydrogen-bond donors (Lipinski definition) is 1. The third kappa shape index (κ3) is 2.73. The topological polar surface area (TPSA) is 12.0 Å². The highest BCUT2D eigenvalue weighted by molar-refractivity contribution is 4.76. The minimum absolute atomic E-state index is 0.970. The van der Waals surface area contributed by atoms with E-state index in [1.807, 2.05) is 0 Å². The lowest BCUT2D eigenvalue weighted by atomic mass is 9.80. The van der Waals surface area contributed by atoms with Crippen molar-refractivity contribution in [2.45, 2.75) is 51.9 Å². The van der Waals surface area contributed by atoms with E-state index in [9.17, 15) is 0 Å². The van der Waals surface area contributed by atoms with Crippen LogP contribution in [-0.2, 0) is 0 Å². The summed E-state index contributed by atoms with van der Waals surface area (Å²) in [4.78, 5) is 0. The monoisotopic (exact) mass is 195 g/mol. The van der Waals surface area contributed by atoms with Crippen LogP contribution in [0.5, 0.6) is 0 Å². The Bertz CT molecular complexity index is 163. The molecule has 2 fully saturated rings. The predicted molar refractivity (Wildman–Crippen MR) is 61.3 cm³/mol. The SMILES string of the molecule is CC1CCCCC1CNCC1CCC1. The first-order valence-corrected chi connectivity index (χ1v) is 6.57. The van der Waals surface area contributed by atoms with Gasteiger partial charge in [0.05, 0.1) is 0 Å². The first kappa shape index (κ1) is 10.5. The maximum atomic E-state index is 3.69. The summed E-state index contributed by atoms with van der Waals surface area (Å²) in [6.07, 6.45) is 10.3. The quantitative estimate of drug-likeness (QED) is 0.726. The molecule has 14 heavy (non-hydrogen) atoms. The standard InChI is InChI=1S/C13H25N/c1-11-5-2-3-8-13(11)10-14-9-12-6-4-7-12/h11-14H,2-10H2,1H3. The van der Waals surface area contributed by atoms with E-state index >= 15 is 0 Å². The second-order valence-corrected chi connectivity index (χ2v) is 5.48. The predicted octanol–water partition coefficient (Wildman–Crippen LogP) is 3.20. The van der Waals surface area contributed by atoms with Crippen molar-refractivity contribution >= 4 is 0 Å². The van der Waals surface area contributed by atoms with Crippen LogP contribution in [0.3, 0.4) is 0 Å². The molecule has 1 heteroatoms. The summed E-state index contributed by atoms with van der Waals surface area (Å²) in [6.45, 7) is 5.02. The van der Waals surface area contributed by atoms with Gasteiger partial charge < -0.3 is 5.32 Å². The normalized spacial score (nSPS) is 34.1. The molecule has 2 saturated carbocycles. The zero-order valence-electron chi connectivity index (χ0n) is 9.60. The summed E-state index contributed by atoms with van der Waals surface area (Å²) in [5, 5.41) is 3.69. The summed E-state index contributed by atoms with van der Waals surface area (Å²) in [5.41, 5.74) is 0. The van der Waals surface area contributed by atoms with Gasteiger partial charge >= 0.3 is 0 Å². The van der Waals surface area contributed by atoms with E-state index in [1.54, 1.807) is 0 Å². The minimum atomic E-state index is 0.970. The van der Waals surface area contributed by atoms with Gasteiger partial charge in [-0.3, -0.25) is 0 Å². The minimum Gasteiger partial charge on any atom is -0.316 e. The van der Waals surface area contributed by atoms with Gasteiger partial charge in [0, 0.05) is 0 Å². The second kappa shape index (κ2) is 5.16. The molecular weight excluding hydrogens is 170 g/mol. The highest BCUT2D eigenvalue weighted by Crippen LogP contribution is 2.29. The molecule has 2 aliphatic rings. The Kier molecular flexibility index (Phi) is 3.86. The molecule has 2 atom stereocenters. The van der Waals surface area contributed by atoms with E-state index in [-0.39, 0.29) is 0 Å². The molecule has 2 unspecified atom stereocenters. The molecule has 0 aromatic heterocycles. The third-order valence-corrected chi connectivity index (χ3v) is 4.35. The molecule has 0 bridgehead atoms. The van der Waals surface area contributed by atoms with E-state index in [1.165, 1.54) is 58.0 Å². The van der Waals surface area contributed by atoms with Gasteiger partial charge in [0.25, 0.3) is 0 Å². The summed E-state index contributed by atoms with van der Waals surface area (Å²) >= 11 is 0. The number of hydrogen-bond acceptors (Lipinski definition) is 1. The van der Waals surface area contributed by atoms with Crippen molar-refractivity contribution in [3.8, 4) is 0 Å². The molecule has 0 spiro atoms. The molecule has 0 heterocycles. The zero-order valence-corrected chi connectivity index (χ0v) is 9.60. The Morgan fingerprint density at radius 1 is 0.929 bits per heavy atom. The maximum absolute atomic E-state index is 3.69. The van der Waals surface area contributed by atoms with Crippen LogP contribution in [-0.4, -0.2) is 13.1 Å². The summed E-state index contributed by atoms with van der Waals surface area (Å²) < 4.78 is 0. The van der Waals surface area contributed by atoms with Crippen LogP contribution in [0, 0.1) is 17.8 Å². The summed E-state index contributed by atoms with van der Waals surface area (Å²) in [7, 11) is 0. The molecule has 0 saturated heterocycles. The van der Waals surface area contributed by atoms with Gasteiger partial charge in [-0.1, -0.05) is 32.6 Å². The molecule has 0 aromatic carbocycles. The fourth-order valence-corrected chi connectivity index (χ4v) is 2.87. The molecule has 82 valence electrons. The smallest absolute Gasteiger partial charge is 0.00179 e. The van der Waals surface area contributed by atoms with Crippen molar-refractivity contribution in [3.63, 3.8) is 0 Å². The van der Waals surface area contributed by atoms with Crippen LogP contribution in [0.15, 0.2) is 0 Å². The number of nitrogens with one attached hydrogen (secondary N) is 1. The van der Waals surface area contributed by atoms with Gasteiger partial charge in [-0.05, 0) is 50.1 Å². The lowest BCUT2D eigenvalue weighted by molar-refractivity contribution is 0.232. The third-order valence-electron chi connectivity index (χ3n) is 4.35. The van der Waals surface area contributed by atoms with Gasteiger partial charge in [-0.15, -0.1) is 0 Å². The van der Waals surface area contributed by atoms with Gasteiger partial charge in [0.1, 0.15) is 0 Å². The van der Waals surface area contributed by atoms with Crippen molar-refractivity contribution < 1.29 is 0 Å². The molecule has 0 aromatic rings. The Balaban J connectivity index is 1.58. The number of rotatable bonds is 4. The van der Waals surface area contributed by atoms with E-state index in [0.717, 1.165) is 17.8 Å². The van der Waals surface area contributed by atoms with E-state index < -0.39 is 0 Å². The fraction of sp³-hybridized carbons (Fsp3) is 1.00. The Hall–Kier alpha value is -0.0400. The van der Waals surface area contributed by atoms with Crippen LogP contribution < -0.4 is 5.32 Å². The van der Waals surface area contributed by atoms with Gasteiger partial charge in [0.15, 0.2) is 0 Å². The van der Waals surface area contributed by atoms with Crippen molar-refractivity contribution in [2.24, 2.45) is 17.8 Å². The largest absolute Gasteiger partial charge is 0.316 e.